The van der Waals surface area contributed by atoms with E-state index in [0.29, 0.717) is 83.8 Å². The molecule has 3 saturated heterocycles. The van der Waals surface area contributed by atoms with Crippen molar-refractivity contribution < 1.29 is 38.6 Å². The van der Waals surface area contributed by atoms with Crippen LogP contribution in [-0.4, -0.2) is 168 Å². The Morgan fingerprint density at radius 1 is 0.716 bits per heavy atom. The molecule has 0 radical (unpaired) electrons. The van der Waals surface area contributed by atoms with Gasteiger partial charge in [-0.3, -0.25) is 28.8 Å². The number of ether oxygens (including phenoxy) is 1. The van der Waals surface area contributed by atoms with E-state index in [1.165, 1.54) is 12.7 Å². The molecule has 3 atom stereocenters. The van der Waals surface area contributed by atoms with Crippen LogP contribution in [0.2, 0.25) is 0 Å². The highest BCUT2D eigenvalue weighted by atomic mass is 16.5. The fraction of sp³-hybridized carbons (Fsp3) is 0.677. The first kappa shape index (κ1) is 62.5. The quantitative estimate of drug-likeness (QED) is 0.0318. The number of aryl methyl sites for hydroxylation is 4. The topological polar surface area (TPSA) is 224 Å². The average Bonchev–Trinajstić information content (AvgIpc) is 4.29. The van der Waals surface area contributed by atoms with E-state index in [0.717, 1.165) is 175 Å². The summed E-state index contributed by atoms with van der Waals surface area (Å²) in [4.78, 5) is 89.6. The Morgan fingerprint density at radius 3 is 2.02 bits per heavy atom. The van der Waals surface area contributed by atoms with E-state index >= 15 is 0 Å². The standard InChI is InChI=1S/C62H95N11O8/c1-46-38-47(2)73(68-46)55-40-50(51(41-61(80)81-3)44-69-33-27-48(43-69)23-25-52-26-24-49-16-14-31-66-62(49)67-52)39-54(42-55)70-34-36-71(37-35-70)59(78)22-13-20-58(77)65-29-11-5-8-18-56(75)63-28-10-4-7-19-57(76)64-30-12-6-9-21-60(79)72-32-15-17-53(72)45-74/h24,26,38-40,42,48,51,53,74H,4-23,25,27-37,41,43-45H2,1-3H3,(H,63,75)(H,64,76)(H,65,77)(H,66,67). The minimum atomic E-state index is -0.233. The van der Waals surface area contributed by atoms with Crippen LogP contribution in [0.1, 0.15) is 169 Å². The molecule has 5 amide bonds. The summed E-state index contributed by atoms with van der Waals surface area (Å²) in [5.74, 6) is 1.44. The van der Waals surface area contributed by atoms with Gasteiger partial charge in [-0.15, -0.1) is 0 Å². The second-order valence-corrected chi connectivity index (χ2v) is 23.2. The van der Waals surface area contributed by atoms with Gasteiger partial charge in [0.2, 0.25) is 29.5 Å². The van der Waals surface area contributed by atoms with E-state index in [1.54, 1.807) is 0 Å². The van der Waals surface area contributed by atoms with Gasteiger partial charge in [-0.2, -0.15) is 5.10 Å². The third kappa shape index (κ3) is 20.4. The van der Waals surface area contributed by atoms with Crippen LogP contribution in [0.3, 0.4) is 0 Å². The molecule has 19 heteroatoms. The summed E-state index contributed by atoms with van der Waals surface area (Å²) in [7, 11) is 1.46. The van der Waals surface area contributed by atoms with Gasteiger partial charge in [0, 0.05) is 127 Å². The number of anilines is 2. The zero-order valence-corrected chi connectivity index (χ0v) is 49.1. The normalized spacial score (nSPS) is 17.6. The number of hydrogen-bond acceptors (Lipinski definition) is 13. The monoisotopic (exact) mass is 1120 g/mol. The van der Waals surface area contributed by atoms with E-state index in [-0.39, 0.29) is 66.9 Å². The number of aliphatic hydroxyl groups excluding tert-OH is 1. The Balaban J connectivity index is 0.744. The Hall–Kier alpha value is -6.08. The molecule has 446 valence electrons. The first-order chi connectivity index (χ1) is 39.3. The molecule has 4 aliphatic heterocycles. The Bertz CT molecular complexity index is 2510. The molecule has 7 rings (SSSR count). The first-order valence-electron chi connectivity index (χ1n) is 30.8. The number of nitrogens with one attached hydrogen (secondary N) is 4. The minimum Gasteiger partial charge on any atom is -0.469 e. The zero-order chi connectivity index (χ0) is 57.3. The molecule has 0 aliphatic carbocycles. The molecular formula is C62H95N11O8. The molecule has 3 aromatic rings. The average molecular weight is 1120 g/mol. The van der Waals surface area contributed by atoms with Crippen molar-refractivity contribution in [3.05, 3.63) is 64.6 Å². The number of fused-ring (bicyclic) bond motifs is 1. The van der Waals surface area contributed by atoms with Crippen molar-refractivity contribution in [3.8, 4) is 5.69 Å². The van der Waals surface area contributed by atoms with Crippen molar-refractivity contribution in [1.29, 1.82) is 0 Å². The molecule has 0 bridgehead atoms. The van der Waals surface area contributed by atoms with E-state index in [4.69, 9.17) is 14.8 Å². The van der Waals surface area contributed by atoms with Gasteiger partial charge in [0.1, 0.15) is 5.82 Å². The number of amides is 5. The highest BCUT2D eigenvalue weighted by molar-refractivity contribution is 5.79. The number of piperazine rings is 1. The van der Waals surface area contributed by atoms with E-state index in [1.807, 2.05) is 21.4 Å². The summed E-state index contributed by atoms with van der Waals surface area (Å²) in [6.07, 6.45) is 17.2. The molecule has 6 heterocycles. The highest BCUT2D eigenvalue weighted by Crippen LogP contribution is 2.33. The zero-order valence-electron chi connectivity index (χ0n) is 49.1. The summed E-state index contributed by atoms with van der Waals surface area (Å²) >= 11 is 0. The van der Waals surface area contributed by atoms with Gasteiger partial charge in [0.05, 0.1) is 37.6 Å². The minimum absolute atomic E-state index is 0.0173. The number of aliphatic hydroxyl groups is 1. The van der Waals surface area contributed by atoms with Crippen LogP contribution in [0, 0.1) is 19.8 Å². The van der Waals surface area contributed by atoms with Gasteiger partial charge in [0.25, 0.3) is 0 Å². The van der Waals surface area contributed by atoms with Crippen LogP contribution in [0.25, 0.3) is 5.69 Å². The molecule has 5 N–H and O–H groups in total. The largest absolute Gasteiger partial charge is 0.469 e. The lowest BCUT2D eigenvalue weighted by atomic mass is 9.93. The number of nitrogens with zero attached hydrogens (tertiary/aromatic N) is 7. The van der Waals surface area contributed by atoms with Gasteiger partial charge < -0.3 is 50.7 Å². The molecule has 0 saturated carbocycles. The van der Waals surface area contributed by atoms with E-state index in [2.05, 4.69) is 74.4 Å². The van der Waals surface area contributed by atoms with Crippen molar-refractivity contribution in [1.82, 2.24) is 45.4 Å². The van der Waals surface area contributed by atoms with Crippen LogP contribution < -0.4 is 26.2 Å². The van der Waals surface area contributed by atoms with Gasteiger partial charge >= 0.3 is 5.97 Å². The fourth-order valence-corrected chi connectivity index (χ4v) is 12.1. The molecule has 3 fully saturated rings. The lowest BCUT2D eigenvalue weighted by molar-refractivity contribution is -0.141. The van der Waals surface area contributed by atoms with E-state index < -0.39 is 0 Å². The van der Waals surface area contributed by atoms with Crippen LogP contribution in [0.15, 0.2) is 36.4 Å². The highest BCUT2D eigenvalue weighted by Gasteiger charge is 2.30. The fourth-order valence-electron chi connectivity index (χ4n) is 12.1. The molecule has 0 spiro atoms. The maximum atomic E-state index is 13.4. The number of methoxy groups -OCH3 is 1. The van der Waals surface area contributed by atoms with E-state index in [9.17, 15) is 33.9 Å². The number of esters is 1. The maximum absolute atomic E-state index is 13.4. The molecule has 4 aliphatic rings. The number of pyridine rings is 1. The first-order valence-corrected chi connectivity index (χ1v) is 30.8. The number of aromatic nitrogens is 3. The number of rotatable bonds is 33. The summed E-state index contributed by atoms with van der Waals surface area (Å²) in [5.41, 5.74) is 7.46. The lowest BCUT2D eigenvalue weighted by Crippen LogP contribution is -2.48. The summed E-state index contributed by atoms with van der Waals surface area (Å²) in [6.45, 7) is 12.7. The number of hydrogen-bond donors (Lipinski definition) is 5. The van der Waals surface area contributed by atoms with Gasteiger partial charge in [-0.25, -0.2) is 9.67 Å². The van der Waals surface area contributed by atoms with Crippen molar-refractivity contribution in [2.24, 2.45) is 5.92 Å². The van der Waals surface area contributed by atoms with Crippen LogP contribution in [0.4, 0.5) is 11.5 Å². The number of likely N-dealkylation sites (tertiary alicyclic amines) is 2. The summed E-state index contributed by atoms with van der Waals surface area (Å²) in [5, 5.41) is 26.7. The van der Waals surface area contributed by atoms with Crippen molar-refractivity contribution >= 4 is 47.0 Å². The Kier molecular flexibility index (Phi) is 25.6. The molecule has 1 aromatic carbocycles. The third-order valence-corrected chi connectivity index (χ3v) is 16.8. The van der Waals surface area contributed by atoms with Crippen LogP contribution in [0.5, 0.6) is 0 Å². The predicted octanol–water partition coefficient (Wildman–Crippen LogP) is 6.68. The number of carbonyl (C=O) groups excluding carboxylic acids is 6. The number of carbonyl (C=O) groups is 6. The van der Waals surface area contributed by atoms with Crippen molar-refractivity contribution in [3.63, 3.8) is 0 Å². The van der Waals surface area contributed by atoms with Gasteiger partial charge in [0.15, 0.2) is 0 Å². The third-order valence-electron chi connectivity index (χ3n) is 16.8. The smallest absolute Gasteiger partial charge is 0.306 e. The van der Waals surface area contributed by atoms with Gasteiger partial charge in [-0.1, -0.05) is 25.3 Å². The molecule has 2 aromatic heterocycles. The summed E-state index contributed by atoms with van der Waals surface area (Å²) < 4.78 is 7.25. The molecule has 81 heavy (non-hydrogen) atoms. The second-order valence-electron chi connectivity index (χ2n) is 23.2. The molecule has 19 nitrogen and oxygen atoms in total. The number of benzene rings is 1. The predicted molar refractivity (Wildman–Crippen MR) is 315 cm³/mol. The van der Waals surface area contributed by atoms with Crippen LogP contribution >= 0.6 is 0 Å². The van der Waals surface area contributed by atoms with Crippen molar-refractivity contribution in [2.75, 3.05) is 102 Å². The lowest BCUT2D eigenvalue weighted by Gasteiger charge is -2.37. The van der Waals surface area contributed by atoms with Crippen LogP contribution in [-0.2, 0) is 46.3 Å². The summed E-state index contributed by atoms with van der Waals surface area (Å²) in [6, 6.07) is 13.1. The van der Waals surface area contributed by atoms with Gasteiger partial charge in [-0.05, 0) is 158 Å². The molecule has 3 unspecified atom stereocenters. The van der Waals surface area contributed by atoms with Crippen molar-refractivity contribution in [2.45, 2.75) is 173 Å². The Morgan fingerprint density at radius 2 is 1.37 bits per heavy atom. The second kappa shape index (κ2) is 33.1. The Labute approximate surface area is 481 Å². The SMILES string of the molecule is COC(=O)CC(CN1CCC(CCc2ccc3c(n2)NCCC3)C1)c1cc(N2CCN(C(=O)CCCC(=O)NCCCCCC(=O)NCCCCCC(=O)NCCCCCC(=O)N3CCCC3CO)CC2)cc(-n2nc(C)cc2C)c1. The number of unbranched alkanes of at least 4 members (excludes halogenated alkanes) is 6. The maximum Gasteiger partial charge on any atom is 0.306 e. The molecular weight excluding hydrogens is 1030 g/mol.